The van der Waals surface area contributed by atoms with Crippen molar-refractivity contribution in [1.29, 1.82) is 0 Å². The van der Waals surface area contributed by atoms with Gasteiger partial charge in [0.25, 0.3) is 5.91 Å². The van der Waals surface area contributed by atoms with Gasteiger partial charge in [0.15, 0.2) is 0 Å². The van der Waals surface area contributed by atoms with Crippen LogP contribution in [0.25, 0.3) is 0 Å². The van der Waals surface area contributed by atoms with Crippen LogP contribution in [0.3, 0.4) is 0 Å². The number of benzene rings is 2. The van der Waals surface area contributed by atoms with Crippen LogP contribution in [0, 0.1) is 0 Å². The molecule has 0 heterocycles. The van der Waals surface area contributed by atoms with Crippen LogP contribution in [0.5, 0.6) is 0 Å². The number of amides is 2. The average molecular weight is 311 g/mol. The molecule has 5 nitrogen and oxygen atoms in total. The Kier molecular flexibility index (Phi) is 5.74. The fourth-order valence-corrected chi connectivity index (χ4v) is 2.19. The highest BCUT2D eigenvalue weighted by molar-refractivity contribution is 5.98. The molecule has 0 spiro atoms. The number of carbonyl (C=O) groups excluding carboxylic acids is 2. The Balaban J connectivity index is 1.97. The van der Waals surface area contributed by atoms with Crippen LogP contribution in [0.1, 0.15) is 17.3 Å². The molecular weight excluding hydrogens is 290 g/mol. The van der Waals surface area contributed by atoms with Crippen molar-refractivity contribution in [2.75, 3.05) is 30.4 Å². The average Bonchev–Trinajstić information content (AvgIpc) is 2.56. The quantitative estimate of drug-likeness (QED) is 0.861. The van der Waals surface area contributed by atoms with E-state index in [9.17, 15) is 9.59 Å². The van der Waals surface area contributed by atoms with Gasteiger partial charge < -0.3 is 15.5 Å². The second-order valence-corrected chi connectivity index (χ2v) is 5.18. The number of carbonyl (C=O) groups is 2. The maximum Gasteiger partial charge on any atom is 0.251 e. The highest BCUT2D eigenvalue weighted by Gasteiger charge is 2.09. The van der Waals surface area contributed by atoms with Crippen molar-refractivity contribution in [3.05, 3.63) is 60.2 Å². The molecule has 2 rings (SSSR count). The molecule has 2 amide bonds. The maximum absolute atomic E-state index is 12.1. The Morgan fingerprint density at radius 3 is 2.48 bits per heavy atom. The van der Waals surface area contributed by atoms with Crippen LogP contribution < -0.4 is 15.5 Å². The number of likely N-dealkylation sites (N-methyl/N-ethyl adjacent to an activating group) is 1. The summed E-state index contributed by atoms with van der Waals surface area (Å²) in [7, 11) is 1.86. The molecule has 0 saturated heterocycles. The van der Waals surface area contributed by atoms with Crippen LogP contribution in [0.2, 0.25) is 0 Å². The minimum Gasteiger partial charge on any atom is -0.365 e. The summed E-state index contributed by atoms with van der Waals surface area (Å²) in [6, 6.07) is 16.6. The van der Waals surface area contributed by atoms with Crippen LogP contribution in [-0.4, -0.2) is 32.0 Å². The molecule has 2 aromatic carbocycles. The molecule has 0 aliphatic heterocycles. The third kappa shape index (κ3) is 4.85. The minimum absolute atomic E-state index is 0.135. The van der Waals surface area contributed by atoms with E-state index in [1.54, 1.807) is 24.3 Å². The SMILES string of the molecule is CCNC(=O)c1cccc(NC(=O)CN(C)c2ccccc2)c1. The molecule has 0 unspecified atom stereocenters. The van der Waals surface area contributed by atoms with Gasteiger partial charge in [0.05, 0.1) is 6.54 Å². The maximum atomic E-state index is 12.1. The highest BCUT2D eigenvalue weighted by Crippen LogP contribution is 2.13. The fourth-order valence-electron chi connectivity index (χ4n) is 2.19. The van der Waals surface area contributed by atoms with E-state index in [2.05, 4.69) is 10.6 Å². The van der Waals surface area contributed by atoms with Crippen LogP contribution in [0.4, 0.5) is 11.4 Å². The molecule has 0 radical (unpaired) electrons. The van der Waals surface area contributed by atoms with Gasteiger partial charge in [0.2, 0.25) is 5.91 Å². The molecule has 5 heteroatoms. The zero-order chi connectivity index (χ0) is 16.7. The van der Waals surface area contributed by atoms with Crippen molar-refractivity contribution >= 4 is 23.2 Å². The Bertz CT molecular complexity index is 671. The van der Waals surface area contributed by atoms with E-state index in [-0.39, 0.29) is 18.4 Å². The fraction of sp³-hybridized carbons (Fsp3) is 0.222. The van der Waals surface area contributed by atoms with E-state index in [0.29, 0.717) is 17.8 Å². The Morgan fingerprint density at radius 1 is 1.04 bits per heavy atom. The van der Waals surface area contributed by atoms with Gasteiger partial charge in [-0.3, -0.25) is 9.59 Å². The lowest BCUT2D eigenvalue weighted by Crippen LogP contribution is -2.30. The molecule has 2 N–H and O–H groups in total. The molecule has 0 aromatic heterocycles. The van der Waals surface area contributed by atoms with Gasteiger partial charge in [-0.05, 0) is 37.3 Å². The largest absolute Gasteiger partial charge is 0.365 e. The second-order valence-electron chi connectivity index (χ2n) is 5.18. The number of rotatable bonds is 6. The second kappa shape index (κ2) is 7.98. The molecule has 120 valence electrons. The van der Waals surface area contributed by atoms with E-state index < -0.39 is 0 Å². The van der Waals surface area contributed by atoms with Crippen molar-refractivity contribution in [3.63, 3.8) is 0 Å². The van der Waals surface area contributed by atoms with Crippen molar-refractivity contribution < 1.29 is 9.59 Å². The topological polar surface area (TPSA) is 61.4 Å². The summed E-state index contributed by atoms with van der Waals surface area (Å²) in [6.07, 6.45) is 0. The van der Waals surface area contributed by atoms with Crippen molar-refractivity contribution in [1.82, 2.24) is 5.32 Å². The molecular formula is C18H21N3O2. The predicted octanol–water partition coefficient (Wildman–Crippen LogP) is 2.51. The number of nitrogens with one attached hydrogen (secondary N) is 2. The zero-order valence-electron chi connectivity index (χ0n) is 13.4. The number of hydrogen-bond acceptors (Lipinski definition) is 3. The molecule has 0 aliphatic rings. The van der Waals surface area contributed by atoms with Crippen molar-refractivity contribution in [3.8, 4) is 0 Å². The van der Waals surface area contributed by atoms with Gasteiger partial charge in [0, 0.05) is 30.5 Å². The third-order valence-corrected chi connectivity index (χ3v) is 3.32. The molecule has 0 atom stereocenters. The number of hydrogen-bond donors (Lipinski definition) is 2. The zero-order valence-corrected chi connectivity index (χ0v) is 13.4. The van der Waals surface area contributed by atoms with E-state index in [0.717, 1.165) is 5.69 Å². The van der Waals surface area contributed by atoms with Gasteiger partial charge >= 0.3 is 0 Å². The Hall–Kier alpha value is -2.82. The first-order valence-electron chi connectivity index (χ1n) is 7.54. The summed E-state index contributed by atoms with van der Waals surface area (Å²) in [5.74, 6) is -0.283. The summed E-state index contributed by atoms with van der Waals surface area (Å²) >= 11 is 0. The van der Waals surface area contributed by atoms with Gasteiger partial charge in [0.1, 0.15) is 0 Å². The minimum atomic E-state index is -0.148. The third-order valence-electron chi connectivity index (χ3n) is 3.32. The van der Waals surface area contributed by atoms with Gasteiger partial charge in [-0.1, -0.05) is 24.3 Å². The van der Waals surface area contributed by atoms with Crippen LogP contribution in [-0.2, 0) is 4.79 Å². The van der Waals surface area contributed by atoms with Gasteiger partial charge in [-0.2, -0.15) is 0 Å². The van der Waals surface area contributed by atoms with Gasteiger partial charge in [-0.15, -0.1) is 0 Å². The molecule has 0 saturated carbocycles. The lowest BCUT2D eigenvalue weighted by Gasteiger charge is -2.18. The normalized spacial score (nSPS) is 10.0. The highest BCUT2D eigenvalue weighted by atomic mass is 16.2. The lowest BCUT2D eigenvalue weighted by molar-refractivity contribution is -0.114. The lowest BCUT2D eigenvalue weighted by atomic mass is 10.2. The molecule has 0 aliphatic carbocycles. The van der Waals surface area contributed by atoms with E-state index in [1.807, 2.05) is 49.2 Å². The van der Waals surface area contributed by atoms with E-state index in [4.69, 9.17) is 0 Å². The molecule has 2 aromatic rings. The Labute approximate surface area is 136 Å². The van der Waals surface area contributed by atoms with Crippen LogP contribution in [0.15, 0.2) is 54.6 Å². The Morgan fingerprint density at radius 2 is 1.78 bits per heavy atom. The van der Waals surface area contributed by atoms with Gasteiger partial charge in [-0.25, -0.2) is 0 Å². The first-order valence-corrected chi connectivity index (χ1v) is 7.54. The summed E-state index contributed by atoms with van der Waals surface area (Å²) in [6.45, 7) is 2.66. The number of para-hydroxylation sites is 1. The standard InChI is InChI=1S/C18H21N3O2/c1-3-19-18(23)14-8-7-9-15(12-14)20-17(22)13-21(2)16-10-5-4-6-11-16/h4-12H,3,13H2,1-2H3,(H,19,23)(H,20,22). The van der Waals surface area contributed by atoms with E-state index >= 15 is 0 Å². The molecule has 23 heavy (non-hydrogen) atoms. The first-order chi connectivity index (χ1) is 11.1. The van der Waals surface area contributed by atoms with Crippen LogP contribution >= 0.6 is 0 Å². The van der Waals surface area contributed by atoms with Crippen molar-refractivity contribution in [2.45, 2.75) is 6.92 Å². The number of anilines is 2. The summed E-state index contributed by atoms with van der Waals surface area (Å²) in [4.78, 5) is 25.8. The van der Waals surface area contributed by atoms with Crippen molar-refractivity contribution in [2.24, 2.45) is 0 Å². The summed E-state index contributed by atoms with van der Waals surface area (Å²) in [5, 5.41) is 5.56. The predicted molar refractivity (Wildman–Crippen MR) is 92.8 cm³/mol. The monoisotopic (exact) mass is 311 g/mol. The van der Waals surface area contributed by atoms with E-state index in [1.165, 1.54) is 0 Å². The molecule has 0 bridgehead atoms. The smallest absolute Gasteiger partial charge is 0.251 e. The summed E-state index contributed by atoms with van der Waals surface area (Å²) < 4.78 is 0. The molecule has 0 fully saturated rings. The summed E-state index contributed by atoms with van der Waals surface area (Å²) in [5.41, 5.74) is 2.11. The first kappa shape index (κ1) is 16.5. The number of nitrogens with zero attached hydrogens (tertiary/aromatic N) is 1.